The first kappa shape index (κ1) is 11.4. The first-order valence-electron chi connectivity index (χ1n) is 4.48. The molecule has 0 aliphatic heterocycles. The zero-order valence-corrected chi connectivity index (χ0v) is 9.49. The normalized spacial score (nSPS) is 10.5. The molecule has 0 nitrogen and oxygen atoms in total. The van der Waals surface area contributed by atoms with E-state index in [4.69, 9.17) is 23.2 Å². The lowest BCUT2D eigenvalue weighted by Gasteiger charge is -2.05. The topological polar surface area (TPSA) is 0 Å². The summed E-state index contributed by atoms with van der Waals surface area (Å²) in [5.41, 5.74) is 0.596. The van der Waals surface area contributed by atoms with E-state index in [1.807, 2.05) is 0 Å². The van der Waals surface area contributed by atoms with Gasteiger partial charge in [0, 0.05) is 15.6 Å². The van der Waals surface area contributed by atoms with E-state index in [9.17, 15) is 8.78 Å². The second-order valence-electron chi connectivity index (χ2n) is 3.28. The van der Waals surface area contributed by atoms with Gasteiger partial charge in [0.25, 0.3) is 0 Å². The van der Waals surface area contributed by atoms with E-state index in [2.05, 4.69) is 0 Å². The summed E-state index contributed by atoms with van der Waals surface area (Å²) in [5, 5.41) is 0.761. The molecule has 0 saturated carbocycles. The molecule has 0 fully saturated rings. The molecule has 0 aliphatic carbocycles. The van der Waals surface area contributed by atoms with Gasteiger partial charge >= 0.3 is 0 Å². The molecule has 0 unspecified atom stereocenters. The van der Waals surface area contributed by atoms with Crippen LogP contribution in [-0.2, 0) is 0 Å². The van der Waals surface area contributed by atoms with Gasteiger partial charge < -0.3 is 0 Å². The van der Waals surface area contributed by atoms with E-state index in [1.54, 1.807) is 0 Å². The Labute approximate surface area is 101 Å². The number of benzene rings is 2. The molecule has 0 amide bonds. The summed E-state index contributed by atoms with van der Waals surface area (Å²) < 4.78 is 26.5. The standard InChI is InChI=1S/C12H6Cl2F2/c13-8-3-7(4-9(14)5-8)11-6-10(15)1-2-12(11)16/h1-6H. The van der Waals surface area contributed by atoms with Crippen LogP contribution in [0.15, 0.2) is 36.4 Å². The third-order valence-electron chi connectivity index (χ3n) is 2.10. The lowest BCUT2D eigenvalue weighted by atomic mass is 10.1. The van der Waals surface area contributed by atoms with Crippen LogP contribution in [0.5, 0.6) is 0 Å². The Kier molecular flexibility index (Phi) is 3.13. The lowest BCUT2D eigenvalue weighted by Crippen LogP contribution is -1.86. The Hall–Kier alpha value is -1.12. The maximum atomic E-state index is 13.5. The second-order valence-corrected chi connectivity index (χ2v) is 4.16. The van der Waals surface area contributed by atoms with Crippen molar-refractivity contribution in [2.45, 2.75) is 0 Å². The Morgan fingerprint density at radius 1 is 0.812 bits per heavy atom. The third-order valence-corrected chi connectivity index (χ3v) is 2.54. The highest BCUT2D eigenvalue weighted by Crippen LogP contribution is 2.29. The molecule has 0 bridgehead atoms. The van der Waals surface area contributed by atoms with E-state index < -0.39 is 11.6 Å². The van der Waals surface area contributed by atoms with Crippen LogP contribution < -0.4 is 0 Å². The Morgan fingerprint density at radius 3 is 2.06 bits per heavy atom. The zero-order valence-electron chi connectivity index (χ0n) is 7.98. The van der Waals surface area contributed by atoms with Gasteiger partial charge in [-0.15, -0.1) is 0 Å². The fraction of sp³-hybridized carbons (Fsp3) is 0. The minimum absolute atomic E-state index is 0.143. The zero-order chi connectivity index (χ0) is 11.7. The second kappa shape index (κ2) is 4.40. The number of hydrogen-bond donors (Lipinski definition) is 0. The van der Waals surface area contributed by atoms with E-state index in [0.29, 0.717) is 15.6 Å². The molecule has 2 aromatic rings. The molecule has 0 atom stereocenters. The molecule has 82 valence electrons. The first-order valence-corrected chi connectivity index (χ1v) is 5.23. The van der Waals surface area contributed by atoms with Crippen molar-refractivity contribution in [3.05, 3.63) is 58.1 Å². The van der Waals surface area contributed by atoms with Gasteiger partial charge in [-0.2, -0.15) is 0 Å². The fourth-order valence-electron chi connectivity index (χ4n) is 1.43. The molecular formula is C12H6Cl2F2. The van der Waals surface area contributed by atoms with Crippen molar-refractivity contribution in [3.8, 4) is 11.1 Å². The van der Waals surface area contributed by atoms with Crippen molar-refractivity contribution in [3.63, 3.8) is 0 Å². The molecule has 4 heteroatoms. The van der Waals surface area contributed by atoms with Crippen molar-refractivity contribution >= 4 is 23.2 Å². The predicted molar refractivity (Wildman–Crippen MR) is 61.8 cm³/mol. The Bertz CT molecular complexity index is 518. The van der Waals surface area contributed by atoms with Gasteiger partial charge in [0.1, 0.15) is 11.6 Å². The molecule has 0 radical (unpaired) electrons. The average Bonchev–Trinajstić information content (AvgIpc) is 2.20. The van der Waals surface area contributed by atoms with Crippen LogP contribution in [-0.4, -0.2) is 0 Å². The van der Waals surface area contributed by atoms with Crippen molar-refractivity contribution in [1.82, 2.24) is 0 Å². The molecular weight excluding hydrogens is 253 g/mol. The highest BCUT2D eigenvalue weighted by molar-refractivity contribution is 6.35. The molecule has 2 aromatic carbocycles. The highest BCUT2D eigenvalue weighted by atomic mass is 35.5. The highest BCUT2D eigenvalue weighted by Gasteiger charge is 2.08. The molecule has 0 spiro atoms. The van der Waals surface area contributed by atoms with Crippen LogP contribution in [0.3, 0.4) is 0 Å². The van der Waals surface area contributed by atoms with Gasteiger partial charge in [0.05, 0.1) is 0 Å². The number of hydrogen-bond acceptors (Lipinski definition) is 0. The molecule has 0 heterocycles. The first-order chi connectivity index (χ1) is 7.56. The van der Waals surface area contributed by atoms with Crippen LogP contribution in [0.2, 0.25) is 10.0 Å². The predicted octanol–water partition coefficient (Wildman–Crippen LogP) is 4.94. The molecule has 0 saturated heterocycles. The van der Waals surface area contributed by atoms with E-state index in [0.717, 1.165) is 18.2 Å². The molecule has 2 rings (SSSR count). The Morgan fingerprint density at radius 2 is 1.44 bits per heavy atom. The maximum Gasteiger partial charge on any atom is 0.131 e. The molecule has 0 aliphatic rings. The minimum Gasteiger partial charge on any atom is -0.207 e. The molecule has 0 N–H and O–H groups in total. The molecule has 0 aromatic heterocycles. The smallest absolute Gasteiger partial charge is 0.131 e. The van der Waals surface area contributed by atoms with Crippen LogP contribution in [0.4, 0.5) is 8.78 Å². The maximum absolute atomic E-state index is 13.5. The minimum atomic E-state index is -0.514. The van der Waals surface area contributed by atoms with Gasteiger partial charge in [-0.25, -0.2) is 8.78 Å². The average molecular weight is 259 g/mol. The summed E-state index contributed by atoms with van der Waals surface area (Å²) in [7, 11) is 0. The van der Waals surface area contributed by atoms with Gasteiger partial charge in [-0.1, -0.05) is 23.2 Å². The number of halogens is 4. The van der Waals surface area contributed by atoms with E-state index in [1.165, 1.54) is 18.2 Å². The van der Waals surface area contributed by atoms with Crippen LogP contribution in [0.1, 0.15) is 0 Å². The van der Waals surface area contributed by atoms with Crippen molar-refractivity contribution < 1.29 is 8.78 Å². The largest absolute Gasteiger partial charge is 0.207 e. The van der Waals surface area contributed by atoms with Gasteiger partial charge in [0.2, 0.25) is 0 Å². The SMILES string of the molecule is Fc1ccc(F)c(-c2cc(Cl)cc(Cl)c2)c1. The summed E-state index contributed by atoms with van der Waals surface area (Å²) >= 11 is 11.6. The van der Waals surface area contributed by atoms with Crippen molar-refractivity contribution in [2.75, 3.05) is 0 Å². The monoisotopic (exact) mass is 258 g/mol. The van der Waals surface area contributed by atoms with Crippen LogP contribution in [0.25, 0.3) is 11.1 Å². The summed E-state index contributed by atoms with van der Waals surface area (Å²) in [4.78, 5) is 0. The number of rotatable bonds is 1. The molecule has 16 heavy (non-hydrogen) atoms. The summed E-state index contributed by atoms with van der Waals surface area (Å²) in [6, 6.07) is 7.84. The Balaban J connectivity index is 2.62. The summed E-state index contributed by atoms with van der Waals surface area (Å²) in [5.74, 6) is -1.02. The lowest BCUT2D eigenvalue weighted by molar-refractivity contribution is 0.603. The van der Waals surface area contributed by atoms with E-state index >= 15 is 0 Å². The quantitative estimate of drug-likeness (QED) is 0.680. The van der Waals surface area contributed by atoms with Crippen LogP contribution in [0, 0.1) is 11.6 Å². The summed E-state index contributed by atoms with van der Waals surface area (Å²) in [6.45, 7) is 0. The van der Waals surface area contributed by atoms with Crippen LogP contribution >= 0.6 is 23.2 Å². The van der Waals surface area contributed by atoms with Gasteiger partial charge in [-0.05, 0) is 42.0 Å². The fourth-order valence-corrected chi connectivity index (χ4v) is 1.95. The van der Waals surface area contributed by atoms with Crippen molar-refractivity contribution in [1.29, 1.82) is 0 Å². The van der Waals surface area contributed by atoms with Crippen molar-refractivity contribution in [2.24, 2.45) is 0 Å². The van der Waals surface area contributed by atoms with Gasteiger partial charge in [0.15, 0.2) is 0 Å². The third kappa shape index (κ3) is 2.34. The van der Waals surface area contributed by atoms with Gasteiger partial charge in [-0.3, -0.25) is 0 Å². The summed E-state index contributed by atoms with van der Waals surface area (Å²) in [6.07, 6.45) is 0. The van der Waals surface area contributed by atoms with E-state index in [-0.39, 0.29) is 5.56 Å².